The smallest absolute Gasteiger partial charge is 0.170 e. The summed E-state index contributed by atoms with van der Waals surface area (Å²) in [5, 5.41) is 11.8. The summed E-state index contributed by atoms with van der Waals surface area (Å²) in [6, 6.07) is 4.45. The van der Waals surface area contributed by atoms with Crippen LogP contribution in [-0.2, 0) is 6.54 Å². The van der Waals surface area contributed by atoms with Gasteiger partial charge in [0.25, 0.3) is 0 Å². The van der Waals surface area contributed by atoms with Crippen LogP contribution < -0.4 is 5.73 Å². The number of hydrogen-bond acceptors (Lipinski definition) is 3. The fraction of sp³-hybridized carbons (Fsp3) is 0.533. The van der Waals surface area contributed by atoms with Crippen LogP contribution in [0.2, 0.25) is 0 Å². The van der Waals surface area contributed by atoms with Crippen molar-refractivity contribution in [3.8, 4) is 0 Å². The number of nitrogens with zero attached hydrogens (tertiary/aromatic N) is 2. The molecule has 1 aromatic rings. The predicted molar refractivity (Wildman–Crippen MR) is 77.1 cm³/mol. The summed E-state index contributed by atoms with van der Waals surface area (Å²) >= 11 is 0. The Morgan fingerprint density at radius 3 is 2.90 bits per heavy atom. The van der Waals surface area contributed by atoms with Gasteiger partial charge in [0.05, 0.1) is 0 Å². The molecule has 1 aromatic carbocycles. The second kappa shape index (κ2) is 6.22. The molecule has 1 fully saturated rings. The summed E-state index contributed by atoms with van der Waals surface area (Å²) < 4.78 is 13.3. The summed E-state index contributed by atoms with van der Waals surface area (Å²) in [6.07, 6.45) is 1.19. The molecule has 5 heteroatoms. The van der Waals surface area contributed by atoms with Crippen molar-refractivity contribution in [3.05, 3.63) is 35.1 Å². The number of likely N-dealkylation sites (tertiary alicyclic amines) is 1. The maximum Gasteiger partial charge on any atom is 0.170 e. The largest absolute Gasteiger partial charge is 0.409 e. The molecule has 0 bridgehead atoms. The first kappa shape index (κ1) is 14.8. The molecule has 2 rings (SSSR count). The average Bonchev–Trinajstić information content (AvgIpc) is 2.88. The SMILES string of the molecule is CC(C)C1CCN(Cc2ccc(F)cc2/C(N)=N/O)C1. The van der Waals surface area contributed by atoms with Crippen molar-refractivity contribution in [2.75, 3.05) is 13.1 Å². The quantitative estimate of drug-likeness (QED) is 0.385. The van der Waals surface area contributed by atoms with Gasteiger partial charge in [-0.2, -0.15) is 0 Å². The van der Waals surface area contributed by atoms with Crippen LogP contribution in [0.25, 0.3) is 0 Å². The first-order chi connectivity index (χ1) is 9.51. The van der Waals surface area contributed by atoms with Crippen LogP contribution in [0.5, 0.6) is 0 Å². The molecule has 3 N–H and O–H groups in total. The van der Waals surface area contributed by atoms with E-state index >= 15 is 0 Å². The lowest BCUT2D eigenvalue weighted by molar-refractivity contribution is 0.296. The van der Waals surface area contributed by atoms with Crippen LogP contribution in [0, 0.1) is 17.7 Å². The average molecular weight is 279 g/mol. The monoisotopic (exact) mass is 279 g/mol. The van der Waals surface area contributed by atoms with E-state index in [1.54, 1.807) is 6.07 Å². The summed E-state index contributed by atoms with van der Waals surface area (Å²) in [4.78, 5) is 2.34. The van der Waals surface area contributed by atoms with E-state index in [1.807, 2.05) is 0 Å². The third-order valence-electron chi connectivity index (χ3n) is 4.10. The molecule has 0 aromatic heterocycles. The molecule has 1 unspecified atom stereocenters. The summed E-state index contributed by atoms with van der Waals surface area (Å²) in [5.74, 6) is 0.968. The molecule has 0 aliphatic carbocycles. The molecule has 20 heavy (non-hydrogen) atoms. The summed E-state index contributed by atoms with van der Waals surface area (Å²) in [6.45, 7) is 7.28. The number of benzene rings is 1. The van der Waals surface area contributed by atoms with E-state index in [2.05, 4.69) is 23.9 Å². The Kier molecular flexibility index (Phi) is 4.60. The first-order valence-electron chi connectivity index (χ1n) is 7.00. The van der Waals surface area contributed by atoms with Crippen LogP contribution in [0.3, 0.4) is 0 Å². The second-order valence-corrected chi connectivity index (χ2v) is 5.81. The fourth-order valence-electron chi connectivity index (χ4n) is 2.77. The molecule has 0 amide bonds. The van der Waals surface area contributed by atoms with Gasteiger partial charge in [0.2, 0.25) is 0 Å². The fourth-order valence-corrected chi connectivity index (χ4v) is 2.77. The maximum absolute atomic E-state index is 13.3. The van der Waals surface area contributed by atoms with E-state index in [0.29, 0.717) is 23.9 Å². The molecular formula is C15H22FN3O. The van der Waals surface area contributed by atoms with E-state index in [9.17, 15) is 4.39 Å². The van der Waals surface area contributed by atoms with Crippen LogP contribution in [0.15, 0.2) is 23.4 Å². The number of amidine groups is 1. The minimum Gasteiger partial charge on any atom is -0.409 e. The predicted octanol–water partition coefficient (Wildman–Crippen LogP) is 2.40. The summed E-state index contributed by atoms with van der Waals surface area (Å²) in [7, 11) is 0. The van der Waals surface area contributed by atoms with Crippen LogP contribution in [-0.4, -0.2) is 29.0 Å². The van der Waals surface area contributed by atoms with Gasteiger partial charge < -0.3 is 10.9 Å². The van der Waals surface area contributed by atoms with Gasteiger partial charge in [-0.25, -0.2) is 4.39 Å². The lowest BCUT2D eigenvalue weighted by Gasteiger charge is -2.19. The van der Waals surface area contributed by atoms with E-state index in [1.165, 1.54) is 18.6 Å². The number of halogens is 1. The van der Waals surface area contributed by atoms with Crippen molar-refractivity contribution in [2.24, 2.45) is 22.7 Å². The van der Waals surface area contributed by atoms with E-state index in [4.69, 9.17) is 10.9 Å². The van der Waals surface area contributed by atoms with Crippen molar-refractivity contribution in [1.82, 2.24) is 4.90 Å². The van der Waals surface area contributed by atoms with E-state index in [0.717, 1.165) is 18.7 Å². The highest BCUT2D eigenvalue weighted by atomic mass is 19.1. The molecule has 0 radical (unpaired) electrons. The zero-order chi connectivity index (χ0) is 14.7. The molecule has 1 heterocycles. The van der Waals surface area contributed by atoms with Crippen molar-refractivity contribution >= 4 is 5.84 Å². The van der Waals surface area contributed by atoms with E-state index < -0.39 is 0 Å². The third-order valence-corrected chi connectivity index (χ3v) is 4.10. The number of hydrogen-bond donors (Lipinski definition) is 2. The Hall–Kier alpha value is -1.62. The molecule has 1 aliphatic heterocycles. The lowest BCUT2D eigenvalue weighted by atomic mass is 9.95. The van der Waals surface area contributed by atoms with Crippen LogP contribution in [0.1, 0.15) is 31.4 Å². The Labute approximate surface area is 119 Å². The van der Waals surface area contributed by atoms with Gasteiger partial charge in [0.15, 0.2) is 5.84 Å². The molecule has 110 valence electrons. The highest BCUT2D eigenvalue weighted by Gasteiger charge is 2.25. The van der Waals surface area contributed by atoms with Crippen LogP contribution >= 0.6 is 0 Å². The number of oxime groups is 1. The molecular weight excluding hydrogens is 257 g/mol. The van der Waals surface area contributed by atoms with Crippen LogP contribution in [0.4, 0.5) is 4.39 Å². The zero-order valence-electron chi connectivity index (χ0n) is 12.0. The van der Waals surface area contributed by atoms with Gasteiger partial charge in [0, 0.05) is 18.7 Å². The second-order valence-electron chi connectivity index (χ2n) is 5.81. The number of nitrogens with two attached hydrogens (primary N) is 1. The third kappa shape index (κ3) is 3.28. The Balaban J connectivity index is 2.14. The molecule has 1 saturated heterocycles. The molecule has 1 aliphatic rings. The minimum absolute atomic E-state index is 0.0425. The molecule has 1 atom stereocenters. The first-order valence-corrected chi connectivity index (χ1v) is 7.00. The highest BCUT2D eigenvalue weighted by Crippen LogP contribution is 2.25. The minimum atomic E-state index is -0.378. The topological polar surface area (TPSA) is 61.8 Å². The molecule has 0 spiro atoms. The van der Waals surface area contributed by atoms with Gasteiger partial charge >= 0.3 is 0 Å². The Morgan fingerprint density at radius 1 is 1.55 bits per heavy atom. The Morgan fingerprint density at radius 2 is 2.30 bits per heavy atom. The van der Waals surface area contributed by atoms with Gasteiger partial charge in [0.1, 0.15) is 5.82 Å². The normalized spacial score (nSPS) is 20.8. The van der Waals surface area contributed by atoms with Crippen molar-refractivity contribution in [1.29, 1.82) is 0 Å². The van der Waals surface area contributed by atoms with Gasteiger partial charge in [-0.1, -0.05) is 25.1 Å². The molecule has 4 nitrogen and oxygen atoms in total. The maximum atomic E-state index is 13.3. The van der Waals surface area contributed by atoms with Crippen molar-refractivity contribution in [2.45, 2.75) is 26.8 Å². The van der Waals surface area contributed by atoms with Gasteiger partial charge in [-0.3, -0.25) is 4.90 Å². The lowest BCUT2D eigenvalue weighted by Crippen LogP contribution is -2.24. The van der Waals surface area contributed by atoms with Gasteiger partial charge in [-0.15, -0.1) is 0 Å². The molecule has 0 saturated carbocycles. The number of rotatable bonds is 4. The summed E-state index contributed by atoms with van der Waals surface area (Å²) in [5.41, 5.74) is 7.00. The highest BCUT2D eigenvalue weighted by molar-refractivity contribution is 5.98. The zero-order valence-corrected chi connectivity index (χ0v) is 12.0. The Bertz CT molecular complexity index is 502. The standard InChI is InChI=1S/C15H22FN3O/c1-10(2)11-5-6-19(8-11)9-12-3-4-13(16)7-14(12)15(17)18-20/h3-4,7,10-11,20H,5-6,8-9H2,1-2H3,(H2,17,18). The van der Waals surface area contributed by atoms with Crippen molar-refractivity contribution in [3.63, 3.8) is 0 Å². The van der Waals surface area contributed by atoms with Gasteiger partial charge in [-0.05, 0) is 42.5 Å². The van der Waals surface area contributed by atoms with E-state index in [-0.39, 0.29) is 11.7 Å². The van der Waals surface area contributed by atoms with Crippen molar-refractivity contribution < 1.29 is 9.60 Å².